The molecule has 96 valence electrons. The number of aliphatic hydroxyl groups is 1. The molecule has 1 aliphatic carbocycles. The second-order valence-corrected chi connectivity index (χ2v) is 5.60. The van der Waals surface area contributed by atoms with Gasteiger partial charge in [0.15, 0.2) is 0 Å². The second kappa shape index (κ2) is 9.04. The van der Waals surface area contributed by atoms with Gasteiger partial charge in [0.05, 0.1) is 6.10 Å². The molecule has 0 spiro atoms. The van der Waals surface area contributed by atoms with E-state index in [-0.39, 0.29) is 6.10 Å². The van der Waals surface area contributed by atoms with Gasteiger partial charge in [0.2, 0.25) is 0 Å². The molecule has 1 rings (SSSR count). The second-order valence-electron chi connectivity index (χ2n) is 5.60. The van der Waals surface area contributed by atoms with Gasteiger partial charge in [-0.2, -0.15) is 0 Å². The monoisotopic (exact) mass is 226 g/mol. The first kappa shape index (κ1) is 14.0. The SMILES string of the molecule is CCCCCCCCCCC(O)CC1CC1. The van der Waals surface area contributed by atoms with Crippen LogP contribution in [-0.4, -0.2) is 11.2 Å². The lowest BCUT2D eigenvalue weighted by atomic mass is 10.0. The first-order valence-electron chi connectivity index (χ1n) is 7.51. The maximum absolute atomic E-state index is 9.73. The van der Waals surface area contributed by atoms with E-state index in [0.717, 1.165) is 18.8 Å². The topological polar surface area (TPSA) is 20.2 Å². The lowest BCUT2D eigenvalue weighted by Gasteiger charge is -2.09. The molecule has 0 aromatic carbocycles. The van der Waals surface area contributed by atoms with Crippen LogP contribution in [0.15, 0.2) is 0 Å². The Bertz CT molecular complexity index is 152. The fourth-order valence-electron chi connectivity index (χ4n) is 2.37. The van der Waals surface area contributed by atoms with Crippen molar-refractivity contribution in [3.05, 3.63) is 0 Å². The number of unbranched alkanes of at least 4 members (excludes halogenated alkanes) is 7. The van der Waals surface area contributed by atoms with E-state index in [2.05, 4.69) is 6.92 Å². The Labute approximate surface area is 102 Å². The van der Waals surface area contributed by atoms with Gasteiger partial charge in [-0.1, -0.05) is 71.1 Å². The third-order valence-electron chi connectivity index (χ3n) is 3.69. The van der Waals surface area contributed by atoms with Gasteiger partial charge in [-0.3, -0.25) is 0 Å². The standard InChI is InChI=1S/C15H30O/c1-2-3-4-5-6-7-8-9-10-15(16)13-14-11-12-14/h14-16H,2-13H2,1H3. The largest absolute Gasteiger partial charge is 0.393 e. The smallest absolute Gasteiger partial charge is 0.0542 e. The highest BCUT2D eigenvalue weighted by molar-refractivity contribution is 4.76. The molecule has 1 heteroatoms. The molecule has 0 bridgehead atoms. The maximum atomic E-state index is 9.73. The highest BCUT2D eigenvalue weighted by atomic mass is 16.3. The van der Waals surface area contributed by atoms with Crippen molar-refractivity contribution in [1.29, 1.82) is 0 Å². The highest BCUT2D eigenvalue weighted by Gasteiger charge is 2.23. The molecule has 0 aliphatic heterocycles. The van der Waals surface area contributed by atoms with Crippen LogP contribution in [0.2, 0.25) is 0 Å². The minimum atomic E-state index is 0.00703. The summed E-state index contributed by atoms with van der Waals surface area (Å²) in [7, 11) is 0. The minimum Gasteiger partial charge on any atom is -0.393 e. The number of aliphatic hydroxyl groups excluding tert-OH is 1. The van der Waals surface area contributed by atoms with Crippen LogP contribution in [0.4, 0.5) is 0 Å². The van der Waals surface area contributed by atoms with Crippen molar-refractivity contribution >= 4 is 0 Å². The Hall–Kier alpha value is -0.0400. The zero-order valence-corrected chi connectivity index (χ0v) is 11.1. The minimum absolute atomic E-state index is 0.00703. The van der Waals surface area contributed by atoms with Crippen molar-refractivity contribution in [1.82, 2.24) is 0 Å². The van der Waals surface area contributed by atoms with Crippen LogP contribution in [0.3, 0.4) is 0 Å². The molecule has 0 heterocycles. The van der Waals surface area contributed by atoms with Gasteiger partial charge in [-0.05, 0) is 18.8 Å². The zero-order valence-electron chi connectivity index (χ0n) is 11.1. The summed E-state index contributed by atoms with van der Waals surface area (Å²) in [4.78, 5) is 0. The first-order valence-corrected chi connectivity index (χ1v) is 7.51. The lowest BCUT2D eigenvalue weighted by molar-refractivity contribution is 0.144. The summed E-state index contributed by atoms with van der Waals surface area (Å²) in [6.45, 7) is 2.27. The highest BCUT2D eigenvalue weighted by Crippen LogP contribution is 2.34. The van der Waals surface area contributed by atoms with Gasteiger partial charge in [-0.25, -0.2) is 0 Å². The molecule has 1 nitrogen and oxygen atoms in total. The molecule has 16 heavy (non-hydrogen) atoms. The molecule has 1 aliphatic rings. The quantitative estimate of drug-likeness (QED) is 0.507. The van der Waals surface area contributed by atoms with E-state index in [9.17, 15) is 5.11 Å². The van der Waals surface area contributed by atoms with E-state index >= 15 is 0 Å². The molecule has 0 saturated heterocycles. The molecule has 1 saturated carbocycles. The van der Waals surface area contributed by atoms with Crippen molar-refractivity contribution in [3.63, 3.8) is 0 Å². The Morgan fingerprint density at radius 1 is 0.938 bits per heavy atom. The van der Waals surface area contributed by atoms with Crippen LogP contribution < -0.4 is 0 Å². The number of rotatable bonds is 11. The summed E-state index contributed by atoms with van der Waals surface area (Å²) >= 11 is 0. The van der Waals surface area contributed by atoms with E-state index in [4.69, 9.17) is 0 Å². The summed E-state index contributed by atoms with van der Waals surface area (Å²) in [5, 5.41) is 9.73. The molecular weight excluding hydrogens is 196 g/mol. The predicted octanol–water partition coefficient (Wildman–Crippen LogP) is 4.68. The van der Waals surface area contributed by atoms with Crippen molar-refractivity contribution in [2.45, 2.75) is 90.1 Å². The average molecular weight is 226 g/mol. The molecule has 1 fully saturated rings. The summed E-state index contributed by atoms with van der Waals surface area (Å²) in [5.41, 5.74) is 0. The summed E-state index contributed by atoms with van der Waals surface area (Å²) in [6.07, 6.45) is 15.8. The summed E-state index contributed by atoms with van der Waals surface area (Å²) < 4.78 is 0. The van der Waals surface area contributed by atoms with Gasteiger partial charge in [-0.15, -0.1) is 0 Å². The Kier molecular flexibility index (Phi) is 7.92. The Morgan fingerprint density at radius 2 is 1.50 bits per heavy atom. The first-order chi connectivity index (χ1) is 7.83. The molecule has 0 radical (unpaired) electrons. The van der Waals surface area contributed by atoms with E-state index in [0.29, 0.717) is 0 Å². The van der Waals surface area contributed by atoms with Gasteiger partial charge in [0, 0.05) is 0 Å². The van der Waals surface area contributed by atoms with Crippen LogP contribution in [-0.2, 0) is 0 Å². The molecule has 1 atom stereocenters. The van der Waals surface area contributed by atoms with E-state index in [1.807, 2.05) is 0 Å². The number of hydrogen-bond donors (Lipinski definition) is 1. The normalized spacial score (nSPS) is 17.6. The fourth-order valence-corrected chi connectivity index (χ4v) is 2.37. The van der Waals surface area contributed by atoms with E-state index < -0.39 is 0 Å². The maximum Gasteiger partial charge on any atom is 0.0542 e. The van der Waals surface area contributed by atoms with Crippen molar-refractivity contribution in [2.75, 3.05) is 0 Å². The summed E-state index contributed by atoms with van der Waals surface area (Å²) in [5.74, 6) is 0.879. The van der Waals surface area contributed by atoms with Gasteiger partial charge in [0.1, 0.15) is 0 Å². The predicted molar refractivity (Wildman–Crippen MR) is 70.6 cm³/mol. The van der Waals surface area contributed by atoms with E-state index in [1.165, 1.54) is 64.2 Å². The number of hydrogen-bond acceptors (Lipinski definition) is 1. The third kappa shape index (κ3) is 8.15. The Balaban J connectivity index is 1.73. The van der Waals surface area contributed by atoms with Crippen LogP contribution in [0.5, 0.6) is 0 Å². The molecule has 1 unspecified atom stereocenters. The third-order valence-corrected chi connectivity index (χ3v) is 3.69. The fraction of sp³-hybridized carbons (Fsp3) is 1.00. The van der Waals surface area contributed by atoms with Crippen molar-refractivity contribution in [2.24, 2.45) is 5.92 Å². The van der Waals surface area contributed by atoms with Gasteiger partial charge < -0.3 is 5.11 Å². The molecule has 0 amide bonds. The zero-order chi connectivity index (χ0) is 11.6. The van der Waals surface area contributed by atoms with Crippen molar-refractivity contribution in [3.8, 4) is 0 Å². The van der Waals surface area contributed by atoms with Crippen LogP contribution >= 0.6 is 0 Å². The van der Waals surface area contributed by atoms with Crippen LogP contribution in [0.25, 0.3) is 0 Å². The lowest BCUT2D eigenvalue weighted by Crippen LogP contribution is -2.06. The van der Waals surface area contributed by atoms with Gasteiger partial charge >= 0.3 is 0 Å². The molecule has 1 N–H and O–H groups in total. The van der Waals surface area contributed by atoms with Crippen LogP contribution in [0.1, 0.15) is 84.0 Å². The Morgan fingerprint density at radius 3 is 2.06 bits per heavy atom. The average Bonchev–Trinajstić information content (AvgIpc) is 3.06. The molecule has 0 aromatic heterocycles. The van der Waals surface area contributed by atoms with Gasteiger partial charge in [0.25, 0.3) is 0 Å². The van der Waals surface area contributed by atoms with E-state index in [1.54, 1.807) is 0 Å². The summed E-state index contributed by atoms with van der Waals surface area (Å²) in [6, 6.07) is 0. The molecular formula is C15H30O. The molecule has 0 aromatic rings. The van der Waals surface area contributed by atoms with Crippen molar-refractivity contribution < 1.29 is 5.11 Å². The van der Waals surface area contributed by atoms with Crippen LogP contribution in [0, 0.1) is 5.92 Å².